The zero-order valence-electron chi connectivity index (χ0n) is 3.29. The van der Waals surface area contributed by atoms with Crippen molar-refractivity contribution in [2.24, 2.45) is 0 Å². The van der Waals surface area contributed by atoms with Crippen molar-refractivity contribution in [3.63, 3.8) is 0 Å². The van der Waals surface area contributed by atoms with Gasteiger partial charge in [0.05, 0.1) is 6.61 Å². The van der Waals surface area contributed by atoms with Crippen molar-refractivity contribution in [2.45, 2.75) is 2.14 Å². The summed E-state index contributed by atoms with van der Waals surface area (Å²) in [5, 5.41) is 8.26. The van der Waals surface area contributed by atoms with E-state index in [4.69, 9.17) is 5.11 Å². The van der Waals surface area contributed by atoms with Crippen LogP contribution < -0.4 is 0 Å². The number of alkyl halides is 3. The molecule has 0 saturated carbocycles. The number of aliphatic hydroxyl groups is 1. The number of hydrogen-bond acceptors (Lipinski definition) is 1. The van der Waals surface area contributed by atoms with Crippen LogP contribution in [0.3, 0.4) is 0 Å². The molecule has 0 spiro atoms. The molecule has 1 N–H and O–H groups in total. The number of aliphatic hydroxyl groups excluding tert-OH is 1. The van der Waals surface area contributed by atoms with Gasteiger partial charge in [0, 0.05) is 21.7 Å². The van der Waals surface area contributed by atoms with Crippen LogP contribution in [0.4, 0.5) is 0 Å². The Balaban J connectivity index is 0. The van der Waals surface area contributed by atoms with Crippen molar-refractivity contribution in [2.75, 3.05) is 6.61 Å². The van der Waals surface area contributed by atoms with Crippen LogP contribution in [0.25, 0.3) is 0 Å². The summed E-state index contributed by atoms with van der Waals surface area (Å²) in [6.45, 7) is 0.0208. The van der Waals surface area contributed by atoms with E-state index >= 15 is 0 Å². The van der Waals surface area contributed by atoms with Gasteiger partial charge in [-0.2, -0.15) is 0 Å². The first-order valence-corrected chi connectivity index (χ1v) is 3.62. The third kappa shape index (κ3) is 11.6. The Morgan fingerprint density at radius 3 is 1.43 bits per heavy atom. The van der Waals surface area contributed by atoms with Gasteiger partial charge in [-0.15, -0.1) is 0 Å². The van der Waals surface area contributed by atoms with Gasteiger partial charge < -0.3 is 5.11 Å². The van der Waals surface area contributed by atoms with Crippen molar-refractivity contribution >= 4 is 47.8 Å². The number of hydrogen-bond donors (Lipinski definition) is 1. The Bertz CT molecular complexity index is 42.7. The second-order valence-corrected chi connectivity index (χ2v) is 8.03. The summed E-state index contributed by atoms with van der Waals surface area (Å²) in [6.07, 6.45) is 0. The minimum absolute atomic E-state index is 0. The van der Waals surface area contributed by atoms with Gasteiger partial charge in [-0.05, 0) is 0 Å². The van der Waals surface area contributed by atoms with E-state index in [1.807, 2.05) is 0 Å². The van der Waals surface area contributed by atoms with E-state index in [1.54, 1.807) is 0 Å². The second kappa shape index (κ2) is 4.94. The van der Waals surface area contributed by atoms with Gasteiger partial charge in [-0.3, -0.25) is 0 Å². The predicted octanol–water partition coefficient (Wildman–Crippen LogP) is 1.81. The average Bonchev–Trinajstić information content (AvgIpc) is 1.35. The molecule has 1 nitrogen and oxygen atoms in total. The SMILES string of the molecule is OCC(Br)(Br)Br.[Ti]. The standard InChI is InChI=1S/C2H3Br3O.Ti/c3-2(4,5)1-6;/h6H,1H2;. The molecular formula is C2H3Br3OTi. The molecule has 0 aliphatic rings. The molecule has 0 saturated heterocycles. The van der Waals surface area contributed by atoms with E-state index in [9.17, 15) is 0 Å². The monoisotopic (exact) mass is 328 g/mol. The molecule has 0 bridgehead atoms. The molecule has 42 valence electrons. The van der Waals surface area contributed by atoms with Crippen molar-refractivity contribution in [1.82, 2.24) is 0 Å². The smallest absolute Gasteiger partial charge is 0.157 e. The van der Waals surface area contributed by atoms with Crippen LogP contribution in [0.5, 0.6) is 0 Å². The maximum Gasteiger partial charge on any atom is 0.157 e. The molecule has 7 heavy (non-hydrogen) atoms. The molecule has 0 aliphatic heterocycles. The first-order valence-electron chi connectivity index (χ1n) is 1.24. The van der Waals surface area contributed by atoms with Crippen molar-refractivity contribution in [3.8, 4) is 0 Å². The van der Waals surface area contributed by atoms with Crippen molar-refractivity contribution in [1.29, 1.82) is 0 Å². The van der Waals surface area contributed by atoms with Gasteiger partial charge in [0.15, 0.2) is 2.14 Å². The van der Waals surface area contributed by atoms with Crippen LogP contribution in [0, 0.1) is 0 Å². The van der Waals surface area contributed by atoms with E-state index < -0.39 is 2.14 Å². The Kier molecular flexibility index (Phi) is 8.37. The first-order chi connectivity index (χ1) is 2.56. The summed E-state index contributed by atoms with van der Waals surface area (Å²) < 4.78 is -0.465. The summed E-state index contributed by atoms with van der Waals surface area (Å²) in [5.74, 6) is 0. The Hall–Kier alpha value is 2.11. The summed E-state index contributed by atoms with van der Waals surface area (Å²) in [4.78, 5) is 0. The molecule has 0 aliphatic carbocycles. The fourth-order valence-corrected chi connectivity index (χ4v) is 0. The Morgan fingerprint density at radius 1 is 1.29 bits per heavy atom. The quantitative estimate of drug-likeness (QED) is 0.530. The van der Waals surface area contributed by atoms with E-state index in [-0.39, 0.29) is 28.3 Å². The minimum atomic E-state index is -0.465. The van der Waals surface area contributed by atoms with E-state index in [0.717, 1.165) is 0 Å². The topological polar surface area (TPSA) is 20.2 Å². The van der Waals surface area contributed by atoms with Crippen LogP contribution in [0.2, 0.25) is 0 Å². The molecule has 0 radical (unpaired) electrons. The summed E-state index contributed by atoms with van der Waals surface area (Å²) in [7, 11) is 0. The van der Waals surface area contributed by atoms with Crippen molar-refractivity contribution in [3.05, 3.63) is 0 Å². The maximum absolute atomic E-state index is 8.26. The van der Waals surface area contributed by atoms with Gasteiger partial charge in [0.1, 0.15) is 0 Å². The first kappa shape index (κ1) is 11.9. The van der Waals surface area contributed by atoms with Gasteiger partial charge in [0.25, 0.3) is 0 Å². The Morgan fingerprint density at radius 2 is 1.43 bits per heavy atom. The third-order valence-corrected chi connectivity index (χ3v) is 0.932. The second-order valence-electron chi connectivity index (χ2n) is 0.773. The number of rotatable bonds is 0. The molecule has 0 atom stereocenters. The molecule has 0 fully saturated rings. The van der Waals surface area contributed by atoms with Gasteiger partial charge in [0.2, 0.25) is 0 Å². The van der Waals surface area contributed by atoms with Crippen LogP contribution in [-0.4, -0.2) is 13.9 Å². The fourth-order valence-electron chi connectivity index (χ4n) is 0. The van der Waals surface area contributed by atoms with Crippen LogP contribution in [0.15, 0.2) is 0 Å². The zero-order chi connectivity index (χ0) is 5.21. The third-order valence-electron chi connectivity index (χ3n) is 0.179. The molecule has 0 aromatic rings. The largest absolute Gasteiger partial charge is 0.393 e. The minimum Gasteiger partial charge on any atom is -0.393 e. The maximum atomic E-state index is 8.26. The molecule has 0 aromatic heterocycles. The average molecular weight is 331 g/mol. The summed E-state index contributed by atoms with van der Waals surface area (Å²) in [6, 6.07) is 0. The van der Waals surface area contributed by atoms with Crippen LogP contribution in [-0.2, 0) is 21.7 Å². The molecule has 0 heterocycles. The van der Waals surface area contributed by atoms with Crippen LogP contribution in [0.1, 0.15) is 0 Å². The summed E-state index contributed by atoms with van der Waals surface area (Å²) >= 11 is 9.18. The molecule has 0 unspecified atom stereocenters. The molecule has 5 heteroatoms. The van der Waals surface area contributed by atoms with Gasteiger partial charge in [-0.1, -0.05) is 47.8 Å². The van der Waals surface area contributed by atoms with Gasteiger partial charge >= 0.3 is 0 Å². The molecule has 0 aromatic carbocycles. The van der Waals surface area contributed by atoms with E-state index in [0.29, 0.717) is 0 Å². The molecule has 0 rings (SSSR count). The fraction of sp³-hybridized carbons (Fsp3) is 1.00. The zero-order valence-corrected chi connectivity index (χ0v) is 9.61. The van der Waals surface area contributed by atoms with E-state index in [2.05, 4.69) is 47.8 Å². The Labute approximate surface area is 82.5 Å². The number of halogens is 3. The molecule has 0 amide bonds. The van der Waals surface area contributed by atoms with Crippen LogP contribution >= 0.6 is 47.8 Å². The predicted molar refractivity (Wildman–Crippen MR) is 36.6 cm³/mol. The summed E-state index contributed by atoms with van der Waals surface area (Å²) in [5.41, 5.74) is 0. The van der Waals surface area contributed by atoms with Gasteiger partial charge in [-0.25, -0.2) is 0 Å². The molecular weight excluding hydrogens is 328 g/mol. The normalized spacial score (nSPS) is 10.3. The van der Waals surface area contributed by atoms with E-state index in [1.165, 1.54) is 0 Å². The van der Waals surface area contributed by atoms with Crippen molar-refractivity contribution < 1.29 is 26.8 Å².